The third-order valence-corrected chi connectivity index (χ3v) is 5.02. The number of guanidine groups is 1. The van der Waals surface area contributed by atoms with Gasteiger partial charge in [0.05, 0.1) is 6.42 Å². The van der Waals surface area contributed by atoms with Crippen LogP contribution in [0.3, 0.4) is 0 Å². The Kier molecular flexibility index (Phi) is 10.1. The molecule has 1 heterocycles. The third-order valence-electron chi connectivity index (χ3n) is 5.02. The fourth-order valence-corrected chi connectivity index (χ4v) is 3.49. The van der Waals surface area contributed by atoms with E-state index in [0.29, 0.717) is 38.6 Å². The van der Waals surface area contributed by atoms with Gasteiger partial charge in [0.1, 0.15) is 23.1 Å². The minimum absolute atomic E-state index is 0. The average molecular weight is 561 g/mol. The number of rotatable bonds is 7. The Morgan fingerprint density at radius 1 is 1.06 bits per heavy atom. The second-order valence-corrected chi connectivity index (χ2v) is 7.30. The molecule has 1 amide bonds. The fourth-order valence-electron chi connectivity index (χ4n) is 3.49. The molecule has 32 heavy (non-hydrogen) atoms. The number of carbonyl (C=O) groups excluding carboxylic acids is 1. The van der Waals surface area contributed by atoms with Crippen molar-refractivity contribution in [1.82, 2.24) is 16.0 Å². The number of hydrogen-bond acceptors (Lipinski definition) is 3. The minimum atomic E-state index is -0.570. The minimum Gasteiger partial charge on any atom is -0.365 e. The number of aliphatic imine (C=N–C) groups is 1. The molecule has 0 bridgehead atoms. The molecule has 1 fully saturated rings. The van der Waals surface area contributed by atoms with Crippen LogP contribution in [0.2, 0.25) is 0 Å². The van der Waals surface area contributed by atoms with Crippen molar-refractivity contribution in [2.24, 2.45) is 4.99 Å². The van der Waals surface area contributed by atoms with Crippen molar-refractivity contribution in [1.29, 1.82) is 0 Å². The number of para-hydroxylation sites is 1. The normalized spacial score (nSPS) is 15.8. The summed E-state index contributed by atoms with van der Waals surface area (Å²) in [7, 11) is 1.63. The van der Waals surface area contributed by atoms with Crippen LogP contribution in [0.1, 0.15) is 12.0 Å². The summed E-state index contributed by atoms with van der Waals surface area (Å²) in [5, 5.41) is 9.14. The lowest BCUT2D eigenvalue weighted by atomic mass is 10.1. The summed E-state index contributed by atoms with van der Waals surface area (Å²) >= 11 is 0. The van der Waals surface area contributed by atoms with Crippen molar-refractivity contribution in [3.8, 4) is 0 Å². The van der Waals surface area contributed by atoms with Crippen LogP contribution < -0.4 is 20.9 Å². The Morgan fingerprint density at radius 2 is 1.72 bits per heavy atom. The van der Waals surface area contributed by atoms with Crippen LogP contribution in [0.5, 0.6) is 0 Å². The molecule has 0 saturated carbocycles. The van der Waals surface area contributed by atoms with E-state index in [4.69, 9.17) is 0 Å². The smallest absolute Gasteiger partial charge is 0.224 e. The molecule has 0 aromatic heterocycles. The highest BCUT2D eigenvalue weighted by Crippen LogP contribution is 2.26. The first-order chi connectivity index (χ1) is 15.0. The van der Waals surface area contributed by atoms with Gasteiger partial charge < -0.3 is 20.9 Å². The molecular weight excluding hydrogens is 534 g/mol. The van der Waals surface area contributed by atoms with Gasteiger partial charge in [-0.2, -0.15) is 0 Å². The Hall–Kier alpha value is -2.50. The summed E-state index contributed by atoms with van der Waals surface area (Å²) in [6, 6.07) is 9.65. The number of nitrogens with zero attached hydrogens (tertiary/aromatic N) is 2. The molecular formula is C22H27F3IN5O. The molecule has 1 unspecified atom stereocenters. The lowest BCUT2D eigenvalue weighted by molar-refractivity contribution is -0.120. The molecule has 0 aliphatic carbocycles. The van der Waals surface area contributed by atoms with Crippen molar-refractivity contribution < 1.29 is 18.0 Å². The Labute approximate surface area is 202 Å². The molecule has 2 aromatic carbocycles. The van der Waals surface area contributed by atoms with Crippen molar-refractivity contribution >= 4 is 41.5 Å². The van der Waals surface area contributed by atoms with Gasteiger partial charge in [-0.15, -0.1) is 24.0 Å². The van der Waals surface area contributed by atoms with Crippen LogP contribution in [-0.2, 0) is 11.2 Å². The van der Waals surface area contributed by atoms with Crippen LogP contribution in [0.4, 0.5) is 18.9 Å². The summed E-state index contributed by atoms with van der Waals surface area (Å²) in [5.74, 6) is -1.08. The van der Waals surface area contributed by atoms with Crippen LogP contribution in [0.15, 0.2) is 47.5 Å². The zero-order valence-electron chi connectivity index (χ0n) is 17.7. The largest absolute Gasteiger partial charge is 0.365 e. The van der Waals surface area contributed by atoms with Gasteiger partial charge in [-0.25, -0.2) is 13.2 Å². The summed E-state index contributed by atoms with van der Waals surface area (Å²) in [6.07, 6.45) is 0.890. The van der Waals surface area contributed by atoms with Crippen molar-refractivity contribution in [2.45, 2.75) is 18.9 Å². The maximum Gasteiger partial charge on any atom is 0.224 e. The number of benzene rings is 2. The predicted molar refractivity (Wildman–Crippen MR) is 130 cm³/mol. The number of halogens is 4. The van der Waals surface area contributed by atoms with Gasteiger partial charge in [0.2, 0.25) is 5.91 Å². The van der Waals surface area contributed by atoms with Gasteiger partial charge in [0.15, 0.2) is 5.96 Å². The van der Waals surface area contributed by atoms with E-state index in [1.165, 1.54) is 30.3 Å². The zero-order valence-corrected chi connectivity index (χ0v) is 20.0. The quantitative estimate of drug-likeness (QED) is 0.211. The van der Waals surface area contributed by atoms with E-state index < -0.39 is 11.6 Å². The highest BCUT2D eigenvalue weighted by atomic mass is 127. The summed E-state index contributed by atoms with van der Waals surface area (Å²) in [6.45, 7) is 1.82. The maximum absolute atomic E-state index is 14.0. The van der Waals surface area contributed by atoms with Gasteiger partial charge in [0, 0.05) is 39.3 Å². The van der Waals surface area contributed by atoms with Gasteiger partial charge in [-0.05, 0) is 36.2 Å². The van der Waals surface area contributed by atoms with Gasteiger partial charge in [-0.3, -0.25) is 9.79 Å². The Balaban J connectivity index is 0.00000363. The molecule has 1 saturated heterocycles. The first-order valence-electron chi connectivity index (χ1n) is 10.1. The number of carbonyl (C=O) groups is 1. The van der Waals surface area contributed by atoms with Crippen LogP contribution in [0.25, 0.3) is 0 Å². The second-order valence-electron chi connectivity index (χ2n) is 7.30. The Bertz CT molecular complexity index is 906. The van der Waals surface area contributed by atoms with E-state index in [-0.39, 0.29) is 53.9 Å². The second kappa shape index (κ2) is 12.5. The molecule has 1 atom stereocenters. The van der Waals surface area contributed by atoms with E-state index in [9.17, 15) is 18.0 Å². The molecule has 0 radical (unpaired) electrons. The van der Waals surface area contributed by atoms with Crippen molar-refractivity contribution in [2.75, 3.05) is 38.1 Å². The summed E-state index contributed by atoms with van der Waals surface area (Å²) in [5.41, 5.74) is 0.736. The number of anilines is 1. The average Bonchev–Trinajstić information content (AvgIpc) is 3.20. The lowest BCUT2D eigenvalue weighted by Gasteiger charge is -2.21. The molecule has 10 heteroatoms. The molecule has 3 rings (SSSR count). The molecule has 1 aliphatic rings. The van der Waals surface area contributed by atoms with Gasteiger partial charge in [0.25, 0.3) is 0 Å². The first kappa shape index (κ1) is 25.8. The fraction of sp³-hybridized carbons (Fsp3) is 0.364. The number of hydrogen-bond donors (Lipinski definition) is 3. The monoisotopic (exact) mass is 561 g/mol. The molecule has 3 N–H and O–H groups in total. The van der Waals surface area contributed by atoms with Crippen LogP contribution in [-0.4, -0.2) is 51.1 Å². The van der Waals surface area contributed by atoms with E-state index >= 15 is 0 Å². The SMILES string of the molecule is CN=C(NCCNC(=O)Cc1ccc(F)cc1)NC1CCN(c2c(F)cccc2F)C1.I. The molecule has 174 valence electrons. The van der Waals surface area contributed by atoms with Crippen LogP contribution in [0, 0.1) is 17.5 Å². The highest BCUT2D eigenvalue weighted by Gasteiger charge is 2.27. The van der Waals surface area contributed by atoms with E-state index in [0.717, 1.165) is 5.56 Å². The van der Waals surface area contributed by atoms with Gasteiger partial charge >= 0.3 is 0 Å². The van der Waals surface area contributed by atoms with E-state index in [2.05, 4.69) is 20.9 Å². The summed E-state index contributed by atoms with van der Waals surface area (Å²) < 4.78 is 40.9. The molecule has 6 nitrogen and oxygen atoms in total. The highest BCUT2D eigenvalue weighted by molar-refractivity contribution is 14.0. The topological polar surface area (TPSA) is 68.8 Å². The Morgan fingerprint density at radius 3 is 2.38 bits per heavy atom. The summed E-state index contributed by atoms with van der Waals surface area (Å²) in [4.78, 5) is 17.8. The van der Waals surface area contributed by atoms with Gasteiger partial charge in [-0.1, -0.05) is 18.2 Å². The van der Waals surface area contributed by atoms with E-state index in [1.54, 1.807) is 24.1 Å². The van der Waals surface area contributed by atoms with Crippen molar-refractivity contribution in [3.05, 3.63) is 65.5 Å². The van der Waals surface area contributed by atoms with Crippen molar-refractivity contribution in [3.63, 3.8) is 0 Å². The predicted octanol–water partition coefficient (Wildman–Crippen LogP) is 2.82. The molecule has 1 aliphatic heterocycles. The first-order valence-corrected chi connectivity index (χ1v) is 10.1. The standard InChI is InChI=1S/C22H26F3N5O.HI/c1-26-22(28-11-10-27-20(31)13-15-5-7-16(23)8-6-15)29-17-9-12-30(14-17)21-18(24)3-2-4-19(21)25;/h2-8,17H,9-14H2,1H3,(H,27,31)(H2,26,28,29);1H. The van der Waals surface area contributed by atoms with E-state index in [1.807, 2.05) is 0 Å². The number of nitrogens with one attached hydrogen (secondary N) is 3. The molecule has 0 spiro atoms. The maximum atomic E-state index is 14.0. The zero-order chi connectivity index (χ0) is 22.2. The lowest BCUT2D eigenvalue weighted by Crippen LogP contribution is -2.46. The molecule has 2 aromatic rings. The third kappa shape index (κ3) is 7.28. The van der Waals surface area contributed by atoms with Crippen LogP contribution >= 0.6 is 24.0 Å². The number of amides is 1.